The molecule has 1 unspecified atom stereocenters. The third-order valence-corrected chi connectivity index (χ3v) is 5.00. The zero-order chi connectivity index (χ0) is 21.4. The van der Waals surface area contributed by atoms with Gasteiger partial charge in [0.05, 0.1) is 7.11 Å². The summed E-state index contributed by atoms with van der Waals surface area (Å²) in [4.78, 5) is 26.9. The lowest BCUT2D eigenvalue weighted by Crippen LogP contribution is -2.49. The Morgan fingerprint density at radius 3 is 2.41 bits per heavy atom. The third kappa shape index (κ3) is 6.02. The minimum absolute atomic E-state index is 0.149. The van der Waals surface area contributed by atoms with Crippen LogP contribution < -0.4 is 14.8 Å². The summed E-state index contributed by atoms with van der Waals surface area (Å²) in [5, 5.41) is 3.52. The topological polar surface area (TPSA) is 67.9 Å². The average Bonchev–Trinajstić information content (AvgIpc) is 2.73. The molecule has 0 aliphatic rings. The minimum Gasteiger partial charge on any atom is -0.493 e. The minimum atomic E-state index is -0.666. The zero-order valence-electron chi connectivity index (χ0n) is 16.6. The fourth-order valence-electron chi connectivity index (χ4n) is 2.88. The second kappa shape index (κ2) is 10.9. The van der Waals surface area contributed by atoms with Crippen molar-refractivity contribution in [3.05, 3.63) is 58.1 Å². The van der Waals surface area contributed by atoms with Crippen LogP contribution in [0.5, 0.6) is 11.5 Å². The molecule has 156 valence electrons. The lowest BCUT2D eigenvalue weighted by atomic mass is 10.1. The number of ether oxygens (including phenoxy) is 2. The van der Waals surface area contributed by atoms with Gasteiger partial charge in [0.15, 0.2) is 18.1 Å². The summed E-state index contributed by atoms with van der Waals surface area (Å²) in [7, 11) is 3.06. The van der Waals surface area contributed by atoms with E-state index in [9.17, 15) is 9.59 Å². The van der Waals surface area contributed by atoms with Gasteiger partial charge in [0.25, 0.3) is 5.91 Å². The molecular formula is C21H24Cl2N2O4. The summed E-state index contributed by atoms with van der Waals surface area (Å²) >= 11 is 12.2. The normalized spacial score (nSPS) is 11.5. The quantitative estimate of drug-likeness (QED) is 0.643. The summed E-state index contributed by atoms with van der Waals surface area (Å²) in [5.41, 5.74) is 0.684. The molecule has 29 heavy (non-hydrogen) atoms. The Kier molecular flexibility index (Phi) is 8.61. The smallest absolute Gasteiger partial charge is 0.261 e. The molecule has 0 saturated carbocycles. The highest BCUT2D eigenvalue weighted by Crippen LogP contribution is 2.27. The number of carbonyl (C=O) groups excluding carboxylic acids is 2. The number of rotatable bonds is 9. The fourth-order valence-corrected chi connectivity index (χ4v) is 3.35. The van der Waals surface area contributed by atoms with Crippen molar-refractivity contribution in [2.45, 2.75) is 25.9 Å². The van der Waals surface area contributed by atoms with Gasteiger partial charge in [-0.25, -0.2) is 0 Å². The van der Waals surface area contributed by atoms with Crippen molar-refractivity contribution < 1.29 is 19.1 Å². The molecule has 0 aliphatic heterocycles. The number of nitrogens with zero attached hydrogens (tertiary/aromatic N) is 1. The third-order valence-electron chi connectivity index (χ3n) is 4.41. The van der Waals surface area contributed by atoms with Crippen LogP contribution in [0.2, 0.25) is 10.0 Å². The first-order chi connectivity index (χ1) is 13.9. The second-order valence-electron chi connectivity index (χ2n) is 6.24. The molecule has 2 amide bonds. The van der Waals surface area contributed by atoms with E-state index in [1.807, 2.05) is 6.92 Å². The molecule has 0 fully saturated rings. The molecule has 0 heterocycles. The average molecular weight is 439 g/mol. The van der Waals surface area contributed by atoms with E-state index in [2.05, 4.69) is 5.32 Å². The summed E-state index contributed by atoms with van der Waals surface area (Å²) in [6.45, 7) is 1.74. The number of hydrogen-bond donors (Lipinski definition) is 1. The molecule has 0 radical (unpaired) electrons. The van der Waals surface area contributed by atoms with E-state index < -0.39 is 6.04 Å². The maximum Gasteiger partial charge on any atom is 0.261 e. The van der Waals surface area contributed by atoms with Crippen molar-refractivity contribution in [2.75, 3.05) is 20.8 Å². The first kappa shape index (κ1) is 22.8. The number of carbonyl (C=O) groups is 2. The monoisotopic (exact) mass is 438 g/mol. The zero-order valence-corrected chi connectivity index (χ0v) is 18.1. The summed E-state index contributed by atoms with van der Waals surface area (Å²) < 4.78 is 10.9. The predicted octanol–water partition coefficient (Wildman–Crippen LogP) is 3.93. The Hall–Kier alpha value is -2.44. The number of amides is 2. The van der Waals surface area contributed by atoms with Crippen LogP contribution in [-0.4, -0.2) is 43.5 Å². The van der Waals surface area contributed by atoms with E-state index in [0.29, 0.717) is 33.5 Å². The number of methoxy groups -OCH3 is 1. The molecule has 6 nitrogen and oxygen atoms in total. The lowest BCUT2D eigenvalue weighted by Gasteiger charge is -2.30. The maximum absolute atomic E-state index is 13.0. The van der Waals surface area contributed by atoms with Crippen LogP contribution >= 0.6 is 23.2 Å². The van der Waals surface area contributed by atoms with Crippen molar-refractivity contribution in [1.29, 1.82) is 0 Å². The Labute approximate surface area is 180 Å². The summed E-state index contributed by atoms with van der Waals surface area (Å²) in [6, 6.07) is 11.4. The van der Waals surface area contributed by atoms with Gasteiger partial charge < -0.3 is 19.7 Å². The molecule has 0 bridgehead atoms. The number of halogens is 2. The highest BCUT2D eigenvalue weighted by atomic mass is 35.5. The number of nitrogens with one attached hydrogen (secondary N) is 1. The molecule has 8 heteroatoms. The van der Waals surface area contributed by atoms with E-state index >= 15 is 0 Å². The van der Waals surface area contributed by atoms with Gasteiger partial charge in [0.2, 0.25) is 5.91 Å². The standard InChI is InChI=1S/C21H24Cl2N2O4/c1-4-17(21(27)24-2)25(12-14-9-10-15(22)11-16(14)23)20(26)13-29-19-8-6-5-7-18(19)28-3/h5-11,17H,4,12-13H2,1-3H3,(H,24,27). The second-order valence-corrected chi connectivity index (χ2v) is 7.08. The van der Waals surface area contributed by atoms with Gasteiger partial charge in [-0.1, -0.05) is 48.3 Å². The molecule has 0 aromatic heterocycles. The van der Waals surface area contributed by atoms with Crippen LogP contribution in [0.15, 0.2) is 42.5 Å². The van der Waals surface area contributed by atoms with Crippen molar-refractivity contribution in [1.82, 2.24) is 10.2 Å². The largest absolute Gasteiger partial charge is 0.493 e. The Morgan fingerprint density at radius 1 is 1.14 bits per heavy atom. The van der Waals surface area contributed by atoms with Gasteiger partial charge >= 0.3 is 0 Å². The van der Waals surface area contributed by atoms with Crippen LogP contribution in [0, 0.1) is 0 Å². The van der Waals surface area contributed by atoms with Crippen LogP contribution in [0.1, 0.15) is 18.9 Å². The number of likely N-dealkylation sites (N-methyl/N-ethyl adjacent to an activating group) is 1. The van der Waals surface area contributed by atoms with Crippen molar-refractivity contribution in [3.63, 3.8) is 0 Å². The summed E-state index contributed by atoms with van der Waals surface area (Å²) in [6.07, 6.45) is 0.436. The van der Waals surface area contributed by atoms with Gasteiger partial charge in [0, 0.05) is 23.6 Å². The molecule has 0 saturated heterocycles. The highest BCUT2D eigenvalue weighted by Gasteiger charge is 2.29. The number of benzene rings is 2. The van der Waals surface area contributed by atoms with E-state index in [-0.39, 0.29) is 25.0 Å². The van der Waals surface area contributed by atoms with Gasteiger partial charge in [-0.2, -0.15) is 0 Å². The Bertz CT molecular complexity index is 860. The number of hydrogen-bond acceptors (Lipinski definition) is 4. The van der Waals surface area contributed by atoms with E-state index in [0.717, 1.165) is 0 Å². The highest BCUT2D eigenvalue weighted by molar-refractivity contribution is 6.35. The molecular weight excluding hydrogens is 415 g/mol. The maximum atomic E-state index is 13.0. The van der Waals surface area contributed by atoms with Gasteiger partial charge in [0.1, 0.15) is 6.04 Å². The SMILES string of the molecule is CCC(C(=O)NC)N(Cc1ccc(Cl)cc1Cl)C(=O)COc1ccccc1OC. The van der Waals surface area contributed by atoms with Crippen LogP contribution in [-0.2, 0) is 16.1 Å². The van der Waals surface area contributed by atoms with Crippen molar-refractivity contribution in [2.24, 2.45) is 0 Å². The van der Waals surface area contributed by atoms with Gasteiger partial charge in [-0.15, -0.1) is 0 Å². The molecule has 0 aliphatic carbocycles. The van der Waals surface area contributed by atoms with E-state index in [4.69, 9.17) is 32.7 Å². The lowest BCUT2D eigenvalue weighted by molar-refractivity contribution is -0.142. The molecule has 2 rings (SSSR count). The first-order valence-corrected chi connectivity index (χ1v) is 9.87. The van der Waals surface area contributed by atoms with E-state index in [1.54, 1.807) is 42.5 Å². The Balaban J connectivity index is 2.25. The van der Waals surface area contributed by atoms with Crippen molar-refractivity contribution >= 4 is 35.0 Å². The van der Waals surface area contributed by atoms with Crippen LogP contribution in [0.4, 0.5) is 0 Å². The first-order valence-electron chi connectivity index (χ1n) is 9.12. The van der Waals surface area contributed by atoms with Crippen LogP contribution in [0.25, 0.3) is 0 Å². The molecule has 2 aromatic carbocycles. The summed E-state index contributed by atoms with van der Waals surface area (Å²) in [5.74, 6) is 0.354. The molecule has 1 atom stereocenters. The molecule has 2 aromatic rings. The fraction of sp³-hybridized carbons (Fsp3) is 0.333. The van der Waals surface area contributed by atoms with Crippen molar-refractivity contribution in [3.8, 4) is 11.5 Å². The molecule has 1 N–H and O–H groups in total. The van der Waals surface area contributed by atoms with E-state index in [1.165, 1.54) is 19.1 Å². The number of para-hydroxylation sites is 2. The molecule has 0 spiro atoms. The Morgan fingerprint density at radius 2 is 1.83 bits per heavy atom. The van der Waals surface area contributed by atoms with Gasteiger partial charge in [-0.3, -0.25) is 9.59 Å². The van der Waals surface area contributed by atoms with Gasteiger partial charge in [-0.05, 0) is 36.2 Å². The van der Waals surface area contributed by atoms with Crippen LogP contribution in [0.3, 0.4) is 0 Å². The predicted molar refractivity (Wildman–Crippen MR) is 114 cm³/mol.